The number of nitrogens with one attached hydrogen (secondary N) is 1. The molecule has 1 aromatic carbocycles. The van der Waals surface area contributed by atoms with Crippen LogP contribution < -0.4 is 5.32 Å². The Balaban J connectivity index is 2.87. The highest BCUT2D eigenvalue weighted by atomic mass is 14.9. The van der Waals surface area contributed by atoms with Crippen molar-refractivity contribution in [3.8, 4) is 0 Å². The van der Waals surface area contributed by atoms with Gasteiger partial charge in [-0.05, 0) is 49.9 Å². The summed E-state index contributed by atoms with van der Waals surface area (Å²) in [5.41, 5.74) is 4.38. The highest BCUT2D eigenvalue weighted by molar-refractivity contribution is 5.34. The second-order valence-electron chi connectivity index (χ2n) is 5.05. The lowest BCUT2D eigenvalue weighted by Crippen LogP contribution is -2.35. The third kappa shape index (κ3) is 3.57. The molecule has 96 valence electrons. The molecule has 0 aliphatic rings. The van der Waals surface area contributed by atoms with E-state index in [4.69, 9.17) is 0 Å². The Morgan fingerprint density at radius 1 is 1.06 bits per heavy atom. The zero-order chi connectivity index (χ0) is 12.8. The van der Waals surface area contributed by atoms with E-state index >= 15 is 0 Å². The van der Waals surface area contributed by atoms with Gasteiger partial charge in [-0.1, -0.05) is 44.9 Å². The lowest BCUT2D eigenvalue weighted by molar-refractivity contribution is 0.348. The van der Waals surface area contributed by atoms with Crippen molar-refractivity contribution < 1.29 is 0 Å². The standard InChI is InChI=1S/C16H27N/c1-6-14(7-2)16(17-5)11-15-12(3)9-8-10-13(15)4/h8-10,14,16-17H,6-7,11H2,1-5H3. The fourth-order valence-corrected chi connectivity index (χ4v) is 2.75. The fraction of sp³-hybridized carbons (Fsp3) is 0.625. The summed E-state index contributed by atoms with van der Waals surface area (Å²) in [7, 11) is 2.09. The van der Waals surface area contributed by atoms with Crippen molar-refractivity contribution in [2.75, 3.05) is 7.05 Å². The van der Waals surface area contributed by atoms with Crippen molar-refractivity contribution in [1.82, 2.24) is 5.32 Å². The zero-order valence-corrected chi connectivity index (χ0v) is 12.0. The molecule has 17 heavy (non-hydrogen) atoms. The van der Waals surface area contributed by atoms with Gasteiger partial charge in [-0.25, -0.2) is 0 Å². The predicted molar refractivity (Wildman–Crippen MR) is 76.5 cm³/mol. The van der Waals surface area contributed by atoms with Crippen LogP contribution in [0.15, 0.2) is 18.2 Å². The van der Waals surface area contributed by atoms with E-state index in [0.29, 0.717) is 6.04 Å². The molecule has 1 heteroatoms. The van der Waals surface area contributed by atoms with Crippen LogP contribution in [0.25, 0.3) is 0 Å². The summed E-state index contributed by atoms with van der Waals surface area (Å²) in [6.07, 6.45) is 3.67. The molecule has 0 spiro atoms. The number of hydrogen-bond acceptors (Lipinski definition) is 1. The molecule has 0 amide bonds. The molecule has 0 aromatic heterocycles. The summed E-state index contributed by atoms with van der Waals surface area (Å²) in [5.74, 6) is 0.777. The largest absolute Gasteiger partial charge is 0.316 e. The molecule has 0 heterocycles. The van der Waals surface area contributed by atoms with Gasteiger partial charge in [0.1, 0.15) is 0 Å². The van der Waals surface area contributed by atoms with Crippen molar-refractivity contribution in [1.29, 1.82) is 0 Å². The first-order valence-corrected chi connectivity index (χ1v) is 6.86. The molecule has 1 N–H and O–H groups in total. The van der Waals surface area contributed by atoms with E-state index in [0.717, 1.165) is 12.3 Å². The first kappa shape index (κ1) is 14.2. The van der Waals surface area contributed by atoms with Gasteiger partial charge in [-0.15, -0.1) is 0 Å². The maximum Gasteiger partial charge on any atom is 0.0133 e. The van der Waals surface area contributed by atoms with Crippen LogP contribution in [-0.4, -0.2) is 13.1 Å². The average molecular weight is 233 g/mol. The Hall–Kier alpha value is -0.820. The molecule has 0 bridgehead atoms. The van der Waals surface area contributed by atoms with Crippen molar-refractivity contribution in [3.63, 3.8) is 0 Å². The average Bonchev–Trinajstić information content (AvgIpc) is 2.33. The summed E-state index contributed by atoms with van der Waals surface area (Å²) in [6, 6.07) is 7.20. The maximum atomic E-state index is 3.51. The molecule has 1 aromatic rings. The zero-order valence-electron chi connectivity index (χ0n) is 12.0. The Morgan fingerprint density at radius 3 is 2.00 bits per heavy atom. The lowest BCUT2D eigenvalue weighted by Gasteiger charge is -2.26. The first-order valence-electron chi connectivity index (χ1n) is 6.86. The van der Waals surface area contributed by atoms with Gasteiger partial charge in [-0.2, -0.15) is 0 Å². The molecule has 0 saturated heterocycles. The lowest BCUT2D eigenvalue weighted by atomic mass is 9.87. The number of aryl methyl sites for hydroxylation is 2. The molecule has 1 rings (SSSR count). The third-order valence-electron chi connectivity index (χ3n) is 4.06. The highest BCUT2D eigenvalue weighted by Crippen LogP contribution is 2.21. The Morgan fingerprint density at radius 2 is 1.59 bits per heavy atom. The molecule has 0 aliphatic heterocycles. The van der Waals surface area contributed by atoms with E-state index in [2.05, 4.69) is 58.3 Å². The van der Waals surface area contributed by atoms with Crippen LogP contribution >= 0.6 is 0 Å². The van der Waals surface area contributed by atoms with Crippen molar-refractivity contribution in [3.05, 3.63) is 34.9 Å². The van der Waals surface area contributed by atoms with Crippen LogP contribution in [0.4, 0.5) is 0 Å². The Labute approximate surface area is 107 Å². The van der Waals surface area contributed by atoms with Gasteiger partial charge >= 0.3 is 0 Å². The second kappa shape index (κ2) is 6.80. The topological polar surface area (TPSA) is 12.0 Å². The van der Waals surface area contributed by atoms with E-state index in [1.807, 2.05) is 0 Å². The van der Waals surface area contributed by atoms with Crippen LogP contribution in [0.3, 0.4) is 0 Å². The summed E-state index contributed by atoms with van der Waals surface area (Å²) in [4.78, 5) is 0. The van der Waals surface area contributed by atoms with E-state index in [1.165, 1.54) is 29.5 Å². The van der Waals surface area contributed by atoms with Crippen LogP contribution in [0.5, 0.6) is 0 Å². The Bertz CT molecular complexity index is 319. The first-order chi connectivity index (χ1) is 8.13. The number of hydrogen-bond donors (Lipinski definition) is 1. The minimum absolute atomic E-state index is 0.602. The maximum absolute atomic E-state index is 3.51. The summed E-state index contributed by atoms with van der Waals surface area (Å²) >= 11 is 0. The number of benzene rings is 1. The van der Waals surface area contributed by atoms with Gasteiger partial charge in [0.2, 0.25) is 0 Å². The summed E-state index contributed by atoms with van der Waals surface area (Å²) in [6.45, 7) is 9.04. The number of rotatable bonds is 6. The van der Waals surface area contributed by atoms with Crippen LogP contribution in [0, 0.1) is 19.8 Å². The van der Waals surface area contributed by atoms with E-state index in [9.17, 15) is 0 Å². The molecular formula is C16H27N. The molecule has 0 fully saturated rings. The minimum atomic E-state index is 0.602. The molecule has 0 saturated carbocycles. The highest BCUT2D eigenvalue weighted by Gasteiger charge is 2.18. The van der Waals surface area contributed by atoms with Crippen LogP contribution in [0.2, 0.25) is 0 Å². The molecule has 1 unspecified atom stereocenters. The minimum Gasteiger partial charge on any atom is -0.316 e. The van der Waals surface area contributed by atoms with E-state index in [-0.39, 0.29) is 0 Å². The van der Waals surface area contributed by atoms with Gasteiger partial charge in [-0.3, -0.25) is 0 Å². The summed E-state index contributed by atoms with van der Waals surface area (Å²) in [5, 5.41) is 3.51. The monoisotopic (exact) mass is 233 g/mol. The SMILES string of the molecule is CCC(CC)C(Cc1c(C)cccc1C)NC. The van der Waals surface area contributed by atoms with Crippen molar-refractivity contribution >= 4 is 0 Å². The molecule has 1 nitrogen and oxygen atoms in total. The molecule has 1 atom stereocenters. The molecule has 0 radical (unpaired) electrons. The van der Waals surface area contributed by atoms with Gasteiger partial charge in [0.25, 0.3) is 0 Å². The van der Waals surface area contributed by atoms with Gasteiger partial charge in [0, 0.05) is 6.04 Å². The van der Waals surface area contributed by atoms with Gasteiger partial charge in [0.15, 0.2) is 0 Å². The van der Waals surface area contributed by atoms with Crippen molar-refractivity contribution in [2.24, 2.45) is 5.92 Å². The predicted octanol–water partition coefficient (Wildman–Crippen LogP) is 3.87. The normalized spacial score (nSPS) is 13.1. The number of likely N-dealkylation sites (N-methyl/N-ethyl adjacent to an activating group) is 1. The molecule has 0 aliphatic carbocycles. The van der Waals surface area contributed by atoms with Gasteiger partial charge in [0.05, 0.1) is 0 Å². The second-order valence-corrected chi connectivity index (χ2v) is 5.05. The van der Waals surface area contributed by atoms with Crippen LogP contribution in [-0.2, 0) is 6.42 Å². The van der Waals surface area contributed by atoms with E-state index in [1.54, 1.807) is 0 Å². The van der Waals surface area contributed by atoms with Crippen molar-refractivity contribution in [2.45, 2.75) is 53.0 Å². The van der Waals surface area contributed by atoms with Gasteiger partial charge < -0.3 is 5.32 Å². The third-order valence-corrected chi connectivity index (χ3v) is 4.06. The fourth-order valence-electron chi connectivity index (χ4n) is 2.75. The Kier molecular flexibility index (Phi) is 5.70. The quantitative estimate of drug-likeness (QED) is 0.786. The smallest absolute Gasteiger partial charge is 0.0133 e. The molecular weight excluding hydrogens is 206 g/mol. The van der Waals surface area contributed by atoms with Crippen LogP contribution in [0.1, 0.15) is 43.4 Å². The summed E-state index contributed by atoms with van der Waals surface area (Å²) < 4.78 is 0. The van der Waals surface area contributed by atoms with E-state index < -0.39 is 0 Å².